The molecular formula is C26H21ClN4O2. The minimum atomic E-state index is -0.339. The van der Waals surface area contributed by atoms with Gasteiger partial charge in [0.1, 0.15) is 0 Å². The number of benzene rings is 3. The molecule has 4 rings (SSSR count). The number of halogens is 1. The third kappa shape index (κ3) is 5.42. The number of rotatable bonds is 6. The lowest BCUT2D eigenvalue weighted by molar-refractivity contribution is 0.102. The Morgan fingerprint density at radius 3 is 2.12 bits per heavy atom. The number of nitrogens with one attached hydrogen (secondary N) is 2. The van der Waals surface area contributed by atoms with Gasteiger partial charge in [0.2, 0.25) is 5.95 Å². The highest BCUT2D eigenvalue weighted by atomic mass is 35.5. The zero-order chi connectivity index (χ0) is 23.4. The van der Waals surface area contributed by atoms with Crippen LogP contribution in [0.4, 0.5) is 17.3 Å². The maximum atomic E-state index is 13.0. The molecule has 0 aliphatic heterocycles. The first-order valence-electron chi connectivity index (χ1n) is 10.3. The number of nitrogens with zero attached hydrogens (tertiary/aromatic N) is 2. The molecule has 6 nitrogen and oxygen atoms in total. The molecule has 0 aliphatic carbocycles. The molecule has 0 atom stereocenters. The van der Waals surface area contributed by atoms with E-state index in [4.69, 9.17) is 11.6 Å². The Labute approximate surface area is 196 Å². The molecule has 0 aliphatic rings. The number of aromatic nitrogens is 2. The van der Waals surface area contributed by atoms with E-state index < -0.39 is 0 Å². The van der Waals surface area contributed by atoms with Crippen LogP contribution in [-0.2, 0) is 0 Å². The molecule has 0 unspecified atom stereocenters. The summed E-state index contributed by atoms with van der Waals surface area (Å²) in [6, 6.07) is 22.5. The summed E-state index contributed by atoms with van der Waals surface area (Å²) >= 11 is 6.12. The van der Waals surface area contributed by atoms with E-state index in [1.54, 1.807) is 66.7 Å². The van der Waals surface area contributed by atoms with E-state index >= 15 is 0 Å². The van der Waals surface area contributed by atoms with Crippen molar-refractivity contribution in [1.82, 2.24) is 9.97 Å². The summed E-state index contributed by atoms with van der Waals surface area (Å²) in [7, 11) is 0. The second-order valence-electron chi connectivity index (χ2n) is 7.52. The van der Waals surface area contributed by atoms with E-state index in [0.717, 1.165) is 17.1 Å². The zero-order valence-electron chi connectivity index (χ0n) is 18.1. The summed E-state index contributed by atoms with van der Waals surface area (Å²) in [6.07, 6.45) is 0. The lowest BCUT2D eigenvalue weighted by atomic mass is 10.0. The Morgan fingerprint density at radius 1 is 0.788 bits per heavy atom. The van der Waals surface area contributed by atoms with Gasteiger partial charge in [-0.25, -0.2) is 9.97 Å². The van der Waals surface area contributed by atoms with Gasteiger partial charge in [-0.05, 0) is 62.4 Å². The standard InChI is InChI=1S/C26H21ClN4O2/c1-16-14-17(2)29-26(28-16)30-21-11-8-19(9-12-21)25(33)31-23-13-10-20(27)15-22(23)24(32)18-6-4-3-5-7-18/h3-15H,1-2H3,(H,31,33)(H,28,29,30). The molecule has 164 valence electrons. The molecule has 0 radical (unpaired) electrons. The Morgan fingerprint density at radius 2 is 1.45 bits per heavy atom. The monoisotopic (exact) mass is 456 g/mol. The number of hydrogen-bond donors (Lipinski definition) is 2. The lowest BCUT2D eigenvalue weighted by Gasteiger charge is -2.12. The predicted octanol–water partition coefficient (Wildman–Crippen LogP) is 5.97. The number of hydrogen-bond acceptors (Lipinski definition) is 5. The van der Waals surface area contributed by atoms with Crippen LogP contribution in [0.1, 0.15) is 37.7 Å². The van der Waals surface area contributed by atoms with Crippen LogP contribution in [0.2, 0.25) is 5.02 Å². The van der Waals surface area contributed by atoms with Crippen LogP contribution in [0.5, 0.6) is 0 Å². The molecule has 4 aromatic rings. The van der Waals surface area contributed by atoms with Gasteiger partial charge in [0.05, 0.1) is 5.69 Å². The van der Waals surface area contributed by atoms with Crippen molar-refractivity contribution in [2.45, 2.75) is 13.8 Å². The van der Waals surface area contributed by atoms with Crippen LogP contribution in [0.25, 0.3) is 0 Å². The van der Waals surface area contributed by atoms with Gasteiger partial charge in [-0.1, -0.05) is 41.9 Å². The highest BCUT2D eigenvalue weighted by Crippen LogP contribution is 2.25. The SMILES string of the molecule is Cc1cc(C)nc(Nc2ccc(C(=O)Nc3ccc(Cl)cc3C(=O)c3ccccc3)cc2)n1. The fourth-order valence-electron chi connectivity index (χ4n) is 3.37. The van der Waals surface area contributed by atoms with Gasteiger partial charge in [0, 0.05) is 38.8 Å². The molecule has 1 heterocycles. The maximum absolute atomic E-state index is 13.0. The smallest absolute Gasteiger partial charge is 0.255 e. The minimum absolute atomic E-state index is 0.221. The Bertz CT molecular complexity index is 1300. The highest BCUT2D eigenvalue weighted by molar-refractivity contribution is 6.31. The van der Waals surface area contributed by atoms with Crippen molar-refractivity contribution in [3.8, 4) is 0 Å². The number of amides is 1. The Balaban J connectivity index is 1.52. The second kappa shape index (κ2) is 9.63. The largest absolute Gasteiger partial charge is 0.324 e. The van der Waals surface area contributed by atoms with E-state index in [0.29, 0.717) is 33.3 Å². The first-order chi connectivity index (χ1) is 15.9. The average molecular weight is 457 g/mol. The third-order valence-corrected chi connectivity index (χ3v) is 5.13. The molecular weight excluding hydrogens is 436 g/mol. The van der Waals surface area contributed by atoms with Gasteiger partial charge < -0.3 is 10.6 Å². The van der Waals surface area contributed by atoms with Crippen LogP contribution in [0, 0.1) is 13.8 Å². The van der Waals surface area contributed by atoms with E-state index in [-0.39, 0.29) is 11.7 Å². The molecule has 33 heavy (non-hydrogen) atoms. The van der Waals surface area contributed by atoms with Crippen molar-refractivity contribution in [3.63, 3.8) is 0 Å². The summed E-state index contributed by atoms with van der Waals surface area (Å²) in [5, 5.41) is 6.38. The summed E-state index contributed by atoms with van der Waals surface area (Å²) in [5.41, 5.74) is 4.16. The molecule has 0 saturated carbocycles. The molecule has 7 heteroatoms. The van der Waals surface area contributed by atoms with E-state index in [2.05, 4.69) is 20.6 Å². The van der Waals surface area contributed by atoms with E-state index in [1.165, 1.54) is 0 Å². The van der Waals surface area contributed by atoms with Crippen LogP contribution in [0.15, 0.2) is 78.9 Å². The van der Waals surface area contributed by atoms with Gasteiger partial charge in [0.25, 0.3) is 5.91 Å². The highest BCUT2D eigenvalue weighted by Gasteiger charge is 2.17. The zero-order valence-corrected chi connectivity index (χ0v) is 18.9. The fourth-order valence-corrected chi connectivity index (χ4v) is 3.54. The Hall–Kier alpha value is -4.03. The number of aryl methyl sites for hydroxylation is 2. The quantitative estimate of drug-likeness (QED) is 0.349. The van der Waals surface area contributed by atoms with Gasteiger partial charge >= 0.3 is 0 Å². The molecule has 2 N–H and O–H groups in total. The first-order valence-corrected chi connectivity index (χ1v) is 10.7. The average Bonchev–Trinajstić information content (AvgIpc) is 2.80. The van der Waals surface area contributed by atoms with E-state index in [9.17, 15) is 9.59 Å². The molecule has 0 bridgehead atoms. The first kappa shape index (κ1) is 22.2. The van der Waals surface area contributed by atoms with Crippen molar-refractivity contribution < 1.29 is 9.59 Å². The number of carbonyl (C=O) groups is 2. The van der Waals surface area contributed by atoms with Crippen molar-refractivity contribution >= 4 is 40.6 Å². The van der Waals surface area contributed by atoms with Crippen molar-refractivity contribution in [1.29, 1.82) is 0 Å². The van der Waals surface area contributed by atoms with Gasteiger partial charge in [-0.3, -0.25) is 9.59 Å². The second-order valence-corrected chi connectivity index (χ2v) is 7.95. The normalized spacial score (nSPS) is 10.5. The van der Waals surface area contributed by atoms with E-state index in [1.807, 2.05) is 26.0 Å². The van der Waals surface area contributed by atoms with Crippen LogP contribution >= 0.6 is 11.6 Å². The molecule has 1 aromatic heterocycles. The van der Waals surface area contributed by atoms with Crippen molar-refractivity contribution in [2.24, 2.45) is 0 Å². The molecule has 0 saturated heterocycles. The third-order valence-electron chi connectivity index (χ3n) is 4.90. The number of ketones is 1. The lowest BCUT2D eigenvalue weighted by Crippen LogP contribution is -2.15. The fraction of sp³-hybridized carbons (Fsp3) is 0.0769. The summed E-state index contributed by atoms with van der Waals surface area (Å²) in [6.45, 7) is 3.81. The topological polar surface area (TPSA) is 84.0 Å². The predicted molar refractivity (Wildman–Crippen MR) is 131 cm³/mol. The summed E-state index contributed by atoms with van der Waals surface area (Å²) in [5.74, 6) is -0.0648. The van der Waals surface area contributed by atoms with Gasteiger partial charge in [0.15, 0.2) is 5.78 Å². The molecule has 3 aromatic carbocycles. The van der Waals surface area contributed by atoms with Crippen LogP contribution < -0.4 is 10.6 Å². The van der Waals surface area contributed by atoms with Crippen LogP contribution in [-0.4, -0.2) is 21.7 Å². The molecule has 0 spiro atoms. The maximum Gasteiger partial charge on any atom is 0.255 e. The molecule has 0 fully saturated rings. The van der Waals surface area contributed by atoms with Gasteiger partial charge in [-0.15, -0.1) is 0 Å². The molecule has 1 amide bonds. The van der Waals surface area contributed by atoms with Crippen LogP contribution in [0.3, 0.4) is 0 Å². The number of carbonyl (C=O) groups excluding carboxylic acids is 2. The minimum Gasteiger partial charge on any atom is -0.324 e. The summed E-state index contributed by atoms with van der Waals surface area (Å²) < 4.78 is 0. The summed E-state index contributed by atoms with van der Waals surface area (Å²) in [4.78, 5) is 34.6. The van der Waals surface area contributed by atoms with Crippen molar-refractivity contribution in [2.75, 3.05) is 10.6 Å². The Kier molecular flexibility index (Phi) is 6.47. The van der Waals surface area contributed by atoms with Gasteiger partial charge in [-0.2, -0.15) is 0 Å². The number of anilines is 3. The van der Waals surface area contributed by atoms with Crippen molar-refractivity contribution in [3.05, 3.63) is 112 Å².